The second-order valence-electron chi connectivity index (χ2n) is 5.56. The molecule has 1 fully saturated rings. The molecule has 1 amide bonds. The fourth-order valence-electron chi connectivity index (χ4n) is 2.59. The molecule has 3 heterocycles. The maximum atomic E-state index is 12.7. The summed E-state index contributed by atoms with van der Waals surface area (Å²) in [6.07, 6.45) is -2.17. The van der Waals surface area contributed by atoms with Crippen molar-refractivity contribution < 1.29 is 18.0 Å². The van der Waals surface area contributed by atoms with Crippen LogP contribution in [0, 0.1) is 0 Å². The van der Waals surface area contributed by atoms with Crippen molar-refractivity contribution in [3.63, 3.8) is 0 Å². The Bertz CT molecular complexity index is 796. The predicted molar refractivity (Wildman–Crippen MR) is 86.6 cm³/mol. The lowest BCUT2D eigenvalue weighted by molar-refractivity contribution is -0.138. The van der Waals surface area contributed by atoms with E-state index in [1.807, 2.05) is 10.3 Å². The number of hydrogen-bond donors (Lipinski definition) is 0. The van der Waals surface area contributed by atoms with Crippen molar-refractivity contribution in [2.75, 3.05) is 31.1 Å². The van der Waals surface area contributed by atoms with Crippen molar-refractivity contribution in [1.82, 2.24) is 14.5 Å². The molecule has 0 unspecified atom stereocenters. The molecule has 2 aromatic rings. The van der Waals surface area contributed by atoms with Gasteiger partial charge in [-0.3, -0.25) is 9.59 Å². The summed E-state index contributed by atoms with van der Waals surface area (Å²) >= 11 is 1.51. The quantitative estimate of drug-likeness (QED) is 0.823. The molecular weight excluding hydrogens is 357 g/mol. The Morgan fingerprint density at radius 2 is 1.92 bits per heavy atom. The van der Waals surface area contributed by atoms with Crippen LogP contribution in [0.25, 0.3) is 0 Å². The highest BCUT2D eigenvalue weighted by molar-refractivity contribution is 7.13. The van der Waals surface area contributed by atoms with E-state index in [0.29, 0.717) is 32.4 Å². The average Bonchev–Trinajstić information content (AvgIpc) is 3.10. The standard InChI is InChI=1S/C15H15F3N4O2S/c16-15(17,18)11-1-2-12(23)22(9-11)10-13(24)20-4-6-21(7-5-20)14-19-3-8-25-14/h1-3,8-9H,4-7,10H2. The van der Waals surface area contributed by atoms with Gasteiger partial charge in [-0.25, -0.2) is 4.98 Å². The van der Waals surface area contributed by atoms with E-state index < -0.39 is 23.8 Å². The molecule has 6 nitrogen and oxygen atoms in total. The number of nitrogens with zero attached hydrogens (tertiary/aromatic N) is 4. The van der Waals surface area contributed by atoms with Crippen LogP contribution < -0.4 is 10.5 Å². The summed E-state index contributed by atoms with van der Waals surface area (Å²) < 4.78 is 39.0. The average molecular weight is 372 g/mol. The molecule has 0 spiro atoms. The molecule has 25 heavy (non-hydrogen) atoms. The van der Waals surface area contributed by atoms with Crippen LogP contribution in [0.5, 0.6) is 0 Å². The number of rotatable bonds is 3. The Kier molecular flexibility index (Phi) is 4.80. The molecule has 1 saturated heterocycles. The van der Waals surface area contributed by atoms with Crippen LogP contribution in [0.1, 0.15) is 5.56 Å². The largest absolute Gasteiger partial charge is 0.417 e. The normalized spacial score (nSPS) is 15.5. The van der Waals surface area contributed by atoms with Crippen molar-refractivity contribution >= 4 is 22.4 Å². The minimum absolute atomic E-state index is 0.375. The van der Waals surface area contributed by atoms with Gasteiger partial charge in [0.15, 0.2) is 5.13 Å². The minimum atomic E-state index is -4.56. The van der Waals surface area contributed by atoms with E-state index in [4.69, 9.17) is 0 Å². The van der Waals surface area contributed by atoms with Gasteiger partial charge in [0.1, 0.15) is 6.54 Å². The molecule has 0 saturated carbocycles. The SMILES string of the molecule is O=C(Cn1cc(C(F)(F)F)ccc1=O)N1CCN(c2nccs2)CC1. The van der Waals surface area contributed by atoms with Crippen LogP contribution >= 0.6 is 11.3 Å². The van der Waals surface area contributed by atoms with Gasteiger partial charge in [-0.05, 0) is 6.07 Å². The summed E-state index contributed by atoms with van der Waals surface area (Å²) in [5, 5.41) is 2.74. The van der Waals surface area contributed by atoms with Gasteiger partial charge in [0, 0.05) is 50.0 Å². The minimum Gasteiger partial charge on any atom is -0.345 e. The number of carbonyl (C=O) groups is 1. The fourth-order valence-corrected chi connectivity index (χ4v) is 3.28. The van der Waals surface area contributed by atoms with E-state index in [-0.39, 0.29) is 5.91 Å². The topological polar surface area (TPSA) is 58.4 Å². The van der Waals surface area contributed by atoms with Crippen LogP contribution in [-0.2, 0) is 17.5 Å². The lowest BCUT2D eigenvalue weighted by Crippen LogP contribution is -2.50. The number of halogens is 3. The number of piperazine rings is 1. The summed E-state index contributed by atoms with van der Waals surface area (Å²) in [6, 6.07) is 1.55. The fraction of sp³-hybridized carbons (Fsp3) is 0.400. The van der Waals surface area contributed by atoms with Crippen molar-refractivity contribution in [3.8, 4) is 0 Å². The van der Waals surface area contributed by atoms with Gasteiger partial charge in [-0.15, -0.1) is 11.3 Å². The molecule has 0 atom stereocenters. The maximum Gasteiger partial charge on any atom is 0.417 e. The number of alkyl halides is 3. The van der Waals surface area contributed by atoms with Gasteiger partial charge >= 0.3 is 6.18 Å². The first-order valence-electron chi connectivity index (χ1n) is 7.54. The Labute approximate surface area is 145 Å². The van der Waals surface area contributed by atoms with Gasteiger partial charge in [0.2, 0.25) is 5.91 Å². The second kappa shape index (κ2) is 6.87. The highest BCUT2D eigenvalue weighted by Crippen LogP contribution is 2.28. The van der Waals surface area contributed by atoms with Crippen LogP contribution in [0.2, 0.25) is 0 Å². The highest BCUT2D eigenvalue weighted by atomic mass is 32.1. The van der Waals surface area contributed by atoms with E-state index >= 15 is 0 Å². The van der Waals surface area contributed by atoms with Gasteiger partial charge in [-0.2, -0.15) is 13.2 Å². The molecule has 0 aliphatic carbocycles. The van der Waals surface area contributed by atoms with E-state index in [0.717, 1.165) is 21.8 Å². The summed E-state index contributed by atoms with van der Waals surface area (Å²) in [7, 11) is 0. The molecule has 0 N–H and O–H groups in total. The molecule has 0 radical (unpaired) electrons. The van der Waals surface area contributed by atoms with Gasteiger partial charge < -0.3 is 14.4 Å². The summed E-state index contributed by atoms with van der Waals surface area (Å²) in [4.78, 5) is 31.9. The van der Waals surface area contributed by atoms with E-state index in [9.17, 15) is 22.8 Å². The zero-order valence-corrected chi connectivity index (χ0v) is 13.9. The zero-order valence-electron chi connectivity index (χ0n) is 13.1. The molecular formula is C15H15F3N4O2S. The maximum absolute atomic E-state index is 12.7. The van der Waals surface area contributed by atoms with Crippen molar-refractivity contribution in [1.29, 1.82) is 0 Å². The molecule has 1 aliphatic rings. The van der Waals surface area contributed by atoms with Crippen LogP contribution in [0.4, 0.5) is 18.3 Å². The first-order valence-corrected chi connectivity index (χ1v) is 8.42. The monoisotopic (exact) mass is 372 g/mol. The number of carbonyl (C=O) groups excluding carboxylic acids is 1. The Balaban J connectivity index is 1.64. The third-order valence-corrected chi connectivity index (χ3v) is 4.77. The molecule has 3 rings (SSSR count). The molecule has 2 aromatic heterocycles. The van der Waals surface area contributed by atoms with Gasteiger partial charge in [-0.1, -0.05) is 0 Å². The highest BCUT2D eigenvalue weighted by Gasteiger charge is 2.31. The van der Waals surface area contributed by atoms with Crippen LogP contribution in [-0.4, -0.2) is 46.5 Å². The Morgan fingerprint density at radius 1 is 1.20 bits per heavy atom. The summed E-state index contributed by atoms with van der Waals surface area (Å²) in [5.74, 6) is -0.375. The van der Waals surface area contributed by atoms with E-state index in [2.05, 4.69) is 4.98 Å². The number of thiazole rings is 1. The number of hydrogen-bond acceptors (Lipinski definition) is 5. The first-order chi connectivity index (χ1) is 11.8. The van der Waals surface area contributed by atoms with E-state index in [1.54, 1.807) is 11.1 Å². The summed E-state index contributed by atoms with van der Waals surface area (Å²) in [6.45, 7) is 1.66. The lowest BCUT2D eigenvalue weighted by atomic mass is 10.2. The third-order valence-electron chi connectivity index (χ3n) is 3.94. The molecule has 0 bridgehead atoms. The van der Waals surface area contributed by atoms with Crippen LogP contribution in [0.15, 0.2) is 34.7 Å². The first kappa shape index (κ1) is 17.5. The molecule has 1 aliphatic heterocycles. The molecule has 10 heteroatoms. The zero-order chi connectivity index (χ0) is 18.0. The number of anilines is 1. The van der Waals surface area contributed by atoms with Crippen molar-refractivity contribution in [2.45, 2.75) is 12.7 Å². The van der Waals surface area contributed by atoms with Crippen LogP contribution in [0.3, 0.4) is 0 Å². The van der Waals surface area contributed by atoms with Gasteiger partial charge in [0.25, 0.3) is 5.56 Å². The number of pyridine rings is 1. The molecule has 0 aromatic carbocycles. The second-order valence-corrected chi connectivity index (χ2v) is 6.44. The van der Waals surface area contributed by atoms with Gasteiger partial charge in [0.05, 0.1) is 5.56 Å². The Hall–Kier alpha value is -2.36. The van der Waals surface area contributed by atoms with Crippen molar-refractivity contribution in [2.24, 2.45) is 0 Å². The van der Waals surface area contributed by atoms with E-state index in [1.165, 1.54) is 11.3 Å². The lowest BCUT2D eigenvalue weighted by Gasteiger charge is -2.34. The molecule has 134 valence electrons. The third kappa shape index (κ3) is 4.01. The van der Waals surface area contributed by atoms with Crippen molar-refractivity contribution in [3.05, 3.63) is 45.8 Å². The smallest absolute Gasteiger partial charge is 0.345 e. The summed E-state index contributed by atoms with van der Waals surface area (Å²) in [5.41, 5.74) is -1.59. The number of amides is 1. The Morgan fingerprint density at radius 3 is 2.52 bits per heavy atom. The number of aromatic nitrogens is 2. The predicted octanol–water partition coefficient (Wildman–Crippen LogP) is 1.67.